The summed E-state index contributed by atoms with van der Waals surface area (Å²) >= 11 is 7.24. The van der Waals surface area contributed by atoms with E-state index in [2.05, 4.69) is 28.9 Å². The van der Waals surface area contributed by atoms with Gasteiger partial charge in [-0.2, -0.15) is 0 Å². The highest BCUT2D eigenvalue weighted by molar-refractivity contribution is 8.03. The summed E-state index contributed by atoms with van der Waals surface area (Å²) in [5.74, 6) is 0. The highest BCUT2D eigenvalue weighted by Gasteiger charge is 2.14. The van der Waals surface area contributed by atoms with Crippen molar-refractivity contribution in [2.75, 3.05) is 12.5 Å². The smallest absolute Gasteiger partial charge is 0.0965 e. The van der Waals surface area contributed by atoms with Gasteiger partial charge in [-0.1, -0.05) is 0 Å². The second-order valence-corrected chi connectivity index (χ2v) is 7.38. The molecule has 3 aromatic heterocycles. The zero-order chi connectivity index (χ0) is 11.1. The number of rotatable bonds is 2. The Balaban J connectivity index is 2.52. The Morgan fingerprint density at radius 2 is 2.00 bits per heavy atom. The van der Waals surface area contributed by atoms with Crippen LogP contribution in [0, 0.1) is 0 Å². The molecule has 0 spiro atoms. The van der Waals surface area contributed by atoms with E-state index in [4.69, 9.17) is 0 Å². The molecule has 0 atom stereocenters. The molecule has 0 unspecified atom stereocenters. The van der Waals surface area contributed by atoms with Crippen molar-refractivity contribution in [1.29, 1.82) is 0 Å². The van der Waals surface area contributed by atoms with Crippen molar-refractivity contribution < 1.29 is 0 Å². The van der Waals surface area contributed by atoms with E-state index in [1.54, 1.807) is 23.1 Å². The average Bonchev–Trinajstić information content (AvgIpc) is 2.91. The fourth-order valence-corrected chi connectivity index (χ4v) is 5.34. The fourth-order valence-electron chi connectivity index (χ4n) is 1.77. The topological polar surface area (TPSA) is 12.9 Å². The number of nitrogens with zero attached hydrogens (tertiary/aromatic N) is 1. The molecule has 0 aromatic carbocycles. The Bertz CT molecular complexity index is 652. The van der Waals surface area contributed by atoms with Gasteiger partial charge in [0.05, 0.1) is 18.6 Å². The molecule has 0 N–H and O–H groups in total. The molecule has 16 heavy (non-hydrogen) atoms. The molecule has 0 saturated carbocycles. The fraction of sp³-hybridized carbons (Fsp3) is 0.182. The van der Waals surface area contributed by atoms with Gasteiger partial charge in [0.1, 0.15) is 0 Å². The summed E-state index contributed by atoms with van der Waals surface area (Å²) in [6.45, 7) is 0. The van der Waals surface area contributed by atoms with Gasteiger partial charge in [-0.25, -0.2) is 0 Å². The van der Waals surface area contributed by atoms with Crippen LogP contribution in [0.4, 0.5) is 0 Å². The number of hydrogen-bond acceptors (Lipinski definition) is 5. The first kappa shape index (κ1) is 10.9. The van der Waals surface area contributed by atoms with Crippen LogP contribution in [0.15, 0.2) is 26.1 Å². The molecule has 0 bridgehead atoms. The molecule has 0 aliphatic carbocycles. The monoisotopic (exact) mass is 283 g/mol. The predicted molar refractivity (Wildman–Crippen MR) is 78.6 cm³/mol. The summed E-state index contributed by atoms with van der Waals surface area (Å²) in [6, 6.07) is 2.21. The van der Waals surface area contributed by atoms with Gasteiger partial charge < -0.3 is 0 Å². The van der Waals surface area contributed by atoms with Crippen LogP contribution in [0.3, 0.4) is 0 Å². The first-order valence-corrected chi connectivity index (χ1v) is 8.86. The second-order valence-electron chi connectivity index (χ2n) is 3.27. The molecule has 3 rings (SSSR count). The normalized spacial score (nSPS) is 11.6. The van der Waals surface area contributed by atoms with Crippen LogP contribution in [-0.4, -0.2) is 17.5 Å². The lowest BCUT2D eigenvalue weighted by molar-refractivity contribution is 1.43. The molecule has 82 valence electrons. The minimum Gasteiger partial charge on any atom is -0.253 e. The maximum Gasteiger partial charge on any atom is 0.0965 e. The highest BCUT2D eigenvalue weighted by Crippen LogP contribution is 2.44. The van der Waals surface area contributed by atoms with Crippen molar-refractivity contribution >= 4 is 67.2 Å². The van der Waals surface area contributed by atoms with Gasteiger partial charge in [0.15, 0.2) is 0 Å². The van der Waals surface area contributed by atoms with Crippen LogP contribution in [0.1, 0.15) is 0 Å². The Morgan fingerprint density at radius 3 is 2.75 bits per heavy atom. The van der Waals surface area contributed by atoms with E-state index >= 15 is 0 Å². The summed E-state index contributed by atoms with van der Waals surface area (Å²) in [4.78, 5) is 4.61. The van der Waals surface area contributed by atoms with E-state index in [-0.39, 0.29) is 0 Å². The van der Waals surface area contributed by atoms with E-state index < -0.39 is 0 Å². The Morgan fingerprint density at radius 1 is 1.19 bits per heavy atom. The minimum atomic E-state index is 1.17. The summed E-state index contributed by atoms with van der Waals surface area (Å²) in [7, 11) is 0. The van der Waals surface area contributed by atoms with Crippen LogP contribution >= 0.6 is 46.2 Å². The Hall–Kier alpha value is -0.230. The molecule has 3 aromatic rings. The average molecular weight is 283 g/mol. The van der Waals surface area contributed by atoms with Crippen molar-refractivity contribution in [3.8, 4) is 0 Å². The molecule has 5 heteroatoms. The number of thioether (sulfide) groups is 2. The summed E-state index contributed by atoms with van der Waals surface area (Å²) in [6.07, 6.45) is 6.26. The third kappa shape index (κ3) is 1.49. The van der Waals surface area contributed by atoms with Gasteiger partial charge in [-0.05, 0) is 24.0 Å². The van der Waals surface area contributed by atoms with Crippen molar-refractivity contribution in [3.05, 3.63) is 17.6 Å². The lowest BCUT2D eigenvalue weighted by Gasteiger charge is -1.96. The van der Waals surface area contributed by atoms with Crippen LogP contribution < -0.4 is 0 Å². The summed E-state index contributed by atoms with van der Waals surface area (Å²) in [5, 5.41) is 4.85. The van der Waals surface area contributed by atoms with E-state index in [1.807, 2.05) is 29.3 Å². The third-order valence-electron chi connectivity index (χ3n) is 2.47. The van der Waals surface area contributed by atoms with Gasteiger partial charge in [-0.15, -0.1) is 46.2 Å². The molecule has 0 saturated heterocycles. The molecular weight excluding hydrogens is 274 g/mol. The zero-order valence-electron chi connectivity index (χ0n) is 8.81. The third-order valence-corrected chi connectivity index (χ3v) is 6.72. The number of hydrogen-bond donors (Lipinski definition) is 0. The molecule has 0 amide bonds. The van der Waals surface area contributed by atoms with Gasteiger partial charge in [-0.3, -0.25) is 4.98 Å². The molecule has 0 aliphatic heterocycles. The molecule has 0 aliphatic rings. The largest absolute Gasteiger partial charge is 0.253 e. The van der Waals surface area contributed by atoms with Crippen molar-refractivity contribution in [1.82, 2.24) is 4.98 Å². The number of fused-ring (bicyclic) bond motifs is 3. The van der Waals surface area contributed by atoms with E-state index in [1.165, 1.54) is 29.4 Å². The highest BCUT2D eigenvalue weighted by atomic mass is 32.2. The number of pyridine rings is 1. The lowest BCUT2D eigenvalue weighted by atomic mass is 10.2. The summed E-state index contributed by atoms with van der Waals surface area (Å²) < 4.78 is 4.00. The number of aromatic nitrogens is 1. The van der Waals surface area contributed by atoms with Gasteiger partial charge in [0.2, 0.25) is 0 Å². The van der Waals surface area contributed by atoms with Crippen LogP contribution in [0.2, 0.25) is 0 Å². The number of thiophene rings is 2. The van der Waals surface area contributed by atoms with E-state index in [0.717, 1.165) is 0 Å². The molecule has 0 fully saturated rings. The maximum absolute atomic E-state index is 4.61. The zero-order valence-corrected chi connectivity index (χ0v) is 12.1. The quantitative estimate of drug-likeness (QED) is 0.617. The molecular formula is C11H9NS4. The van der Waals surface area contributed by atoms with Crippen molar-refractivity contribution in [3.63, 3.8) is 0 Å². The second kappa shape index (κ2) is 4.22. The molecule has 0 radical (unpaired) electrons. The Labute approximate surface area is 110 Å². The predicted octanol–water partition coefficient (Wildman–Crippen LogP) is 4.95. The van der Waals surface area contributed by atoms with E-state index in [9.17, 15) is 0 Å². The first-order valence-electron chi connectivity index (χ1n) is 4.72. The standard InChI is InChI=1S/C11H9NS4/c1-13-10-8-6-3-4-15-7(6)5-12-9(8)11(14-2)16-10/h3-5H,1-2H3. The van der Waals surface area contributed by atoms with Gasteiger partial charge in [0.25, 0.3) is 0 Å². The Kier molecular flexibility index (Phi) is 2.87. The van der Waals surface area contributed by atoms with Gasteiger partial charge >= 0.3 is 0 Å². The van der Waals surface area contributed by atoms with E-state index in [0.29, 0.717) is 0 Å². The molecule has 1 nitrogen and oxygen atoms in total. The van der Waals surface area contributed by atoms with Gasteiger partial charge in [0, 0.05) is 17.0 Å². The van der Waals surface area contributed by atoms with Crippen LogP contribution in [0.5, 0.6) is 0 Å². The minimum absolute atomic E-state index is 1.17. The lowest BCUT2D eigenvalue weighted by Crippen LogP contribution is -1.75. The SMILES string of the molecule is CSc1sc(SC)c2c1ncc1sccc12. The van der Waals surface area contributed by atoms with Crippen LogP contribution in [0.25, 0.3) is 21.0 Å². The van der Waals surface area contributed by atoms with Crippen molar-refractivity contribution in [2.24, 2.45) is 0 Å². The molecule has 3 heterocycles. The van der Waals surface area contributed by atoms with Crippen LogP contribution in [-0.2, 0) is 0 Å². The van der Waals surface area contributed by atoms with Crippen molar-refractivity contribution in [2.45, 2.75) is 8.42 Å². The maximum atomic E-state index is 4.61. The summed E-state index contributed by atoms with van der Waals surface area (Å²) in [5.41, 5.74) is 1.17. The first-order chi connectivity index (χ1) is 7.85.